The topological polar surface area (TPSA) is 40.5 Å². The molecule has 1 fully saturated rings. The van der Waals surface area contributed by atoms with Crippen LogP contribution in [-0.4, -0.2) is 23.4 Å². The second-order valence-corrected chi connectivity index (χ2v) is 4.56. The molecule has 1 aliphatic rings. The van der Waals surface area contributed by atoms with Crippen LogP contribution in [0, 0.1) is 11.8 Å². The first-order chi connectivity index (χ1) is 6.88. The smallest absolute Gasteiger partial charge is 0.0461 e. The lowest BCUT2D eigenvalue weighted by molar-refractivity contribution is 0.114. The Kier molecular flexibility index (Phi) is 6.20. The first kappa shape index (κ1) is 12.0. The summed E-state index contributed by atoms with van der Waals surface area (Å²) in [6, 6.07) is 0. The maximum Gasteiger partial charge on any atom is 0.0461 e. The van der Waals surface area contributed by atoms with Crippen LogP contribution in [0.1, 0.15) is 51.4 Å². The van der Waals surface area contributed by atoms with Crippen molar-refractivity contribution in [2.24, 2.45) is 11.8 Å². The summed E-state index contributed by atoms with van der Waals surface area (Å²) in [7, 11) is 0. The van der Waals surface area contributed by atoms with E-state index in [1.165, 1.54) is 38.5 Å². The first-order valence-corrected chi connectivity index (χ1v) is 6.10. The Morgan fingerprint density at radius 2 is 1.71 bits per heavy atom. The van der Waals surface area contributed by atoms with Gasteiger partial charge in [0.15, 0.2) is 0 Å². The Hall–Kier alpha value is -0.0800. The summed E-state index contributed by atoms with van der Waals surface area (Å²) >= 11 is 0. The normalized spacial score (nSPS) is 19.3. The molecule has 0 aromatic carbocycles. The van der Waals surface area contributed by atoms with Crippen LogP contribution in [0.3, 0.4) is 0 Å². The highest BCUT2D eigenvalue weighted by Gasteiger charge is 2.25. The standard InChI is InChI=1S/C12H24O2/c13-9-4-2-1-3-6-12(10-14)11-7-5-8-11/h11-14H,1-10H2. The first-order valence-electron chi connectivity index (χ1n) is 6.10. The van der Waals surface area contributed by atoms with Crippen molar-refractivity contribution in [2.45, 2.75) is 51.4 Å². The van der Waals surface area contributed by atoms with Crippen molar-refractivity contribution in [1.29, 1.82) is 0 Å². The molecule has 14 heavy (non-hydrogen) atoms. The van der Waals surface area contributed by atoms with Crippen molar-refractivity contribution >= 4 is 0 Å². The van der Waals surface area contributed by atoms with Gasteiger partial charge in [0, 0.05) is 13.2 Å². The molecule has 0 radical (unpaired) electrons. The maximum atomic E-state index is 9.22. The number of aliphatic hydroxyl groups is 2. The Morgan fingerprint density at radius 3 is 2.21 bits per heavy atom. The van der Waals surface area contributed by atoms with Gasteiger partial charge in [-0.2, -0.15) is 0 Å². The highest BCUT2D eigenvalue weighted by atomic mass is 16.3. The molecular weight excluding hydrogens is 176 g/mol. The lowest BCUT2D eigenvalue weighted by Crippen LogP contribution is -2.24. The average Bonchev–Trinajstić information content (AvgIpc) is 2.12. The number of hydrogen-bond donors (Lipinski definition) is 2. The molecule has 0 saturated heterocycles. The maximum absolute atomic E-state index is 9.22. The molecule has 1 rings (SSSR count). The fourth-order valence-electron chi connectivity index (χ4n) is 2.26. The Labute approximate surface area is 87.3 Å². The molecule has 0 aliphatic heterocycles. The predicted molar refractivity (Wildman–Crippen MR) is 58.1 cm³/mol. The third-order valence-corrected chi connectivity index (χ3v) is 3.53. The van der Waals surface area contributed by atoms with Gasteiger partial charge in [-0.3, -0.25) is 0 Å². The minimum atomic E-state index is 0.325. The highest BCUT2D eigenvalue weighted by molar-refractivity contribution is 4.77. The predicted octanol–water partition coefficient (Wildman–Crippen LogP) is 2.34. The molecule has 0 aromatic rings. The van der Waals surface area contributed by atoms with Crippen LogP contribution >= 0.6 is 0 Å². The molecule has 0 heterocycles. The van der Waals surface area contributed by atoms with Crippen LogP contribution in [0.2, 0.25) is 0 Å². The zero-order valence-electron chi connectivity index (χ0n) is 9.12. The molecule has 2 nitrogen and oxygen atoms in total. The summed E-state index contributed by atoms with van der Waals surface area (Å²) in [4.78, 5) is 0. The molecule has 0 aromatic heterocycles. The van der Waals surface area contributed by atoms with Gasteiger partial charge in [0.25, 0.3) is 0 Å². The van der Waals surface area contributed by atoms with Gasteiger partial charge < -0.3 is 10.2 Å². The number of rotatable bonds is 8. The van der Waals surface area contributed by atoms with Crippen molar-refractivity contribution in [2.75, 3.05) is 13.2 Å². The van der Waals surface area contributed by atoms with E-state index in [-0.39, 0.29) is 0 Å². The third kappa shape index (κ3) is 3.97. The van der Waals surface area contributed by atoms with Crippen molar-refractivity contribution in [3.63, 3.8) is 0 Å². The summed E-state index contributed by atoms with van der Waals surface area (Å²) in [5.41, 5.74) is 0. The summed E-state index contributed by atoms with van der Waals surface area (Å²) < 4.78 is 0. The molecule has 0 amide bonds. The molecule has 84 valence electrons. The van der Waals surface area contributed by atoms with Gasteiger partial charge in [-0.1, -0.05) is 38.5 Å². The number of hydrogen-bond acceptors (Lipinski definition) is 2. The Bertz CT molecular complexity index is 132. The summed E-state index contributed by atoms with van der Waals surface area (Å²) in [6.07, 6.45) is 9.74. The number of unbranched alkanes of at least 4 members (excludes halogenated alkanes) is 3. The van der Waals surface area contributed by atoms with E-state index < -0.39 is 0 Å². The van der Waals surface area contributed by atoms with Crippen LogP contribution in [-0.2, 0) is 0 Å². The minimum Gasteiger partial charge on any atom is -0.396 e. The largest absolute Gasteiger partial charge is 0.396 e. The van der Waals surface area contributed by atoms with Crippen molar-refractivity contribution < 1.29 is 10.2 Å². The quantitative estimate of drug-likeness (QED) is 0.590. The van der Waals surface area contributed by atoms with Crippen LogP contribution < -0.4 is 0 Å². The van der Waals surface area contributed by atoms with E-state index >= 15 is 0 Å². The lowest BCUT2D eigenvalue weighted by atomic mass is 9.74. The number of aliphatic hydroxyl groups excluding tert-OH is 2. The van der Waals surface area contributed by atoms with Gasteiger partial charge >= 0.3 is 0 Å². The van der Waals surface area contributed by atoms with Gasteiger partial charge in [-0.15, -0.1) is 0 Å². The average molecular weight is 200 g/mol. The molecule has 1 atom stereocenters. The van der Waals surface area contributed by atoms with Crippen molar-refractivity contribution in [3.05, 3.63) is 0 Å². The van der Waals surface area contributed by atoms with Gasteiger partial charge in [0.05, 0.1) is 0 Å². The second-order valence-electron chi connectivity index (χ2n) is 4.56. The van der Waals surface area contributed by atoms with Crippen LogP contribution in [0.5, 0.6) is 0 Å². The van der Waals surface area contributed by atoms with Crippen molar-refractivity contribution in [1.82, 2.24) is 0 Å². The summed E-state index contributed by atoms with van der Waals surface area (Å²) in [5, 5.41) is 17.8. The fourth-order valence-corrected chi connectivity index (χ4v) is 2.26. The fraction of sp³-hybridized carbons (Fsp3) is 1.00. The van der Waals surface area contributed by atoms with Gasteiger partial charge in [0.1, 0.15) is 0 Å². The van der Waals surface area contributed by atoms with Crippen molar-refractivity contribution in [3.8, 4) is 0 Å². The summed E-state index contributed by atoms with van der Waals surface area (Å²) in [6.45, 7) is 0.705. The van der Waals surface area contributed by atoms with E-state index in [1.807, 2.05) is 0 Å². The van der Waals surface area contributed by atoms with E-state index in [4.69, 9.17) is 5.11 Å². The SMILES string of the molecule is OCCCCCCC(CO)C1CCC1. The molecule has 1 saturated carbocycles. The third-order valence-electron chi connectivity index (χ3n) is 3.53. The highest BCUT2D eigenvalue weighted by Crippen LogP contribution is 2.35. The van der Waals surface area contributed by atoms with E-state index in [2.05, 4.69) is 0 Å². The zero-order valence-corrected chi connectivity index (χ0v) is 9.12. The van der Waals surface area contributed by atoms with E-state index in [0.717, 1.165) is 18.8 Å². The molecule has 2 heteroatoms. The van der Waals surface area contributed by atoms with E-state index in [1.54, 1.807) is 0 Å². The van der Waals surface area contributed by atoms with E-state index in [9.17, 15) is 5.11 Å². The van der Waals surface area contributed by atoms with Gasteiger partial charge in [-0.05, 0) is 24.7 Å². The van der Waals surface area contributed by atoms with Gasteiger partial charge in [0.2, 0.25) is 0 Å². The zero-order chi connectivity index (χ0) is 10.2. The molecule has 0 spiro atoms. The second kappa shape index (κ2) is 7.24. The van der Waals surface area contributed by atoms with Gasteiger partial charge in [-0.25, -0.2) is 0 Å². The lowest BCUT2D eigenvalue weighted by Gasteiger charge is -2.32. The van der Waals surface area contributed by atoms with Crippen LogP contribution in [0.15, 0.2) is 0 Å². The minimum absolute atomic E-state index is 0.325. The monoisotopic (exact) mass is 200 g/mol. The molecular formula is C12H24O2. The van der Waals surface area contributed by atoms with Crippen LogP contribution in [0.4, 0.5) is 0 Å². The van der Waals surface area contributed by atoms with E-state index in [0.29, 0.717) is 19.1 Å². The molecule has 0 bridgehead atoms. The molecule has 2 N–H and O–H groups in total. The van der Waals surface area contributed by atoms with Crippen LogP contribution in [0.25, 0.3) is 0 Å². The Morgan fingerprint density at radius 1 is 1.00 bits per heavy atom. The summed E-state index contributed by atoms with van der Waals surface area (Å²) in [5.74, 6) is 1.38. The molecule has 1 aliphatic carbocycles. The molecule has 1 unspecified atom stereocenters. The Balaban J connectivity index is 1.97.